The molecular weight excluding hydrogens is 236 g/mol. The molecule has 18 heavy (non-hydrogen) atoms. The second-order valence-corrected chi connectivity index (χ2v) is 4.85. The van der Waals surface area contributed by atoms with E-state index in [2.05, 4.69) is 0 Å². The summed E-state index contributed by atoms with van der Waals surface area (Å²) in [7, 11) is 0. The van der Waals surface area contributed by atoms with E-state index in [0.29, 0.717) is 12.8 Å². The van der Waals surface area contributed by atoms with E-state index in [9.17, 15) is 19.2 Å². The maximum absolute atomic E-state index is 12.2. The van der Waals surface area contributed by atoms with Crippen molar-refractivity contribution < 1.29 is 23.9 Å². The minimum atomic E-state index is -1.37. The van der Waals surface area contributed by atoms with Crippen LogP contribution in [0.4, 0.5) is 0 Å². The number of esters is 1. The van der Waals surface area contributed by atoms with Gasteiger partial charge in [0.15, 0.2) is 17.5 Å². The van der Waals surface area contributed by atoms with Crippen LogP contribution in [0.1, 0.15) is 32.6 Å². The molecule has 2 fully saturated rings. The first-order valence-electron chi connectivity index (χ1n) is 6.32. The Morgan fingerprint density at radius 1 is 1.28 bits per heavy atom. The number of rotatable bonds is 2. The average molecular weight is 252 g/mol. The zero-order chi connectivity index (χ0) is 13.3. The molecule has 5 nitrogen and oxygen atoms in total. The molecule has 0 spiro atoms. The van der Waals surface area contributed by atoms with E-state index in [-0.39, 0.29) is 24.7 Å². The van der Waals surface area contributed by atoms with Crippen molar-refractivity contribution in [3.05, 3.63) is 0 Å². The van der Waals surface area contributed by atoms with Crippen molar-refractivity contribution in [1.82, 2.24) is 0 Å². The van der Waals surface area contributed by atoms with Crippen LogP contribution in [-0.2, 0) is 23.9 Å². The van der Waals surface area contributed by atoms with E-state index in [1.165, 1.54) is 0 Å². The van der Waals surface area contributed by atoms with Crippen molar-refractivity contribution in [2.24, 2.45) is 17.8 Å². The lowest BCUT2D eigenvalue weighted by atomic mass is 9.65. The zero-order valence-electron chi connectivity index (χ0n) is 10.3. The molecule has 0 aliphatic heterocycles. The molecule has 0 amide bonds. The van der Waals surface area contributed by atoms with Gasteiger partial charge < -0.3 is 4.74 Å². The van der Waals surface area contributed by atoms with Crippen molar-refractivity contribution in [3.63, 3.8) is 0 Å². The Hall–Kier alpha value is -1.52. The molecule has 0 radical (unpaired) electrons. The molecule has 3 unspecified atom stereocenters. The number of hydrogen-bond donors (Lipinski definition) is 0. The first-order chi connectivity index (χ1) is 8.56. The summed E-state index contributed by atoms with van der Waals surface area (Å²) in [5.74, 6) is -4.19. The van der Waals surface area contributed by atoms with Crippen LogP contribution in [0, 0.1) is 17.8 Å². The number of carbonyl (C=O) groups is 4. The summed E-state index contributed by atoms with van der Waals surface area (Å²) >= 11 is 0. The van der Waals surface area contributed by atoms with Gasteiger partial charge in [0.1, 0.15) is 5.78 Å². The molecule has 5 heteroatoms. The van der Waals surface area contributed by atoms with E-state index >= 15 is 0 Å². The van der Waals surface area contributed by atoms with Crippen LogP contribution < -0.4 is 0 Å². The molecule has 0 N–H and O–H groups in total. The average Bonchev–Trinajstić information content (AvgIpc) is 2.28. The first-order valence-corrected chi connectivity index (χ1v) is 6.32. The minimum Gasteiger partial charge on any atom is -0.465 e. The van der Waals surface area contributed by atoms with Crippen molar-refractivity contribution in [1.29, 1.82) is 0 Å². The van der Waals surface area contributed by atoms with Gasteiger partial charge in [-0.05, 0) is 25.7 Å². The van der Waals surface area contributed by atoms with E-state index in [0.717, 1.165) is 6.42 Å². The minimum absolute atomic E-state index is 0.123. The Morgan fingerprint density at radius 2 is 2.00 bits per heavy atom. The highest BCUT2D eigenvalue weighted by atomic mass is 16.5. The number of hydrogen-bond acceptors (Lipinski definition) is 5. The maximum Gasteiger partial charge on any atom is 0.324 e. The normalized spacial score (nSPS) is 32.1. The largest absolute Gasteiger partial charge is 0.465 e. The van der Waals surface area contributed by atoms with Crippen molar-refractivity contribution in [3.8, 4) is 0 Å². The van der Waals surface area contributed by atoms with Gasteiger partial charge >= 0.3 is 5.97 Å². The molecule has 0 heterocycles. The fourth-order valence-electron chi connectivity index (χ4n) is 2.92. The fraction of sp³-hybridized carbons (Fsp3) is 0.692. The van der Waals surface area contributed by atoms with Crippen LogP contribution in [0.3, 0.4) is 0 Å². The van der Waals surface area contributed by atoms with Gasteiger partial charge in [-0.1, -0.05) is 0 Å². The first kappa shape index (κ1) is 12.9. The Balaban J connectivity index is 2.23. The van der Waals surface area contributed by atoms with Gasteiger partial charge in [0.25, 0.3) is 0 Å². The standard InChI is InChI=1S/C13H16O5/c1-2-18-13(17)11-9(15)6-7-4-3-5-8(14)10(7)12(11)16/h7,10-11H,2-6H2,1H3. The SMILES string of the molecule is CCOC(=O)C1C(=O)CC2CCCC(=O)C2C1=O. The van der Waals surface area contributed by atoms with Gasteiger partial charge in [0, 0.05) is 12.8 Å². The van der Waals surface area contributed by atoms with Gasteiger partial charge in [-0.2, -0.15) is 0 Å². The molecule has 0 aromatic heterocycles. The molecule has 2 rings (SSSR count). The summed E-state index contributed by atoms with van der Waals surface area (Å²) in [5, 5.41) is 0. The summed E-state index contributed by atoms with van der Waals surface area (Å²) in [5.41, 5.74) is 0. The monoisotopic (exact) mass is 252 g/mol. The third kappa shape index (κ3) is 2.09. The molecule has 2 saturated carbocycles. The number of ketones is 3. The summed E-state index contributed by atoms with van der Waals surface area (Å²) in [4.78, 5) is 47.4. The number of ether oxygens (including phenoxy) is 1. The molecule has 98 valence electrons. The predicted molar refractivity (Wildman–Crippen MR) is 60.6 cm³/mol. The van der Waals surface area contributed by atoms with Crippen LogP contribution in [0.5, 0.6) is 0 Å². The van der Waals surface area contributed by atoms with Crippen molar-refractivity contribution in [2.75, 3.05) is 6.61 Å². The summed E-state index contributed by atoms with van der Waals surface area (Å²) in [6.07, 6.45) is 1.95. The highest BCUT2D eigenvalue weighted by Crippen LogP contribution is 2.37. The lowest BCUT2D eigenvalue weighted by Gasteiger charge is -2.35. The molecule has 0 bridgehead atoms. The quantitative estimate of drug-likeness (QED) is 0.534. The maximum atomic E-state index is 12.2. The van der Waals surface area contributed by atoms with Crippen LogP contribution in [0.2, 0.25) is 0 Å². The highest BCUT2D eigenvalue weighted by Gasteiger charge is 2.50. The van der Waals surface area contributed by atoms with Gasteiger partial charge in [-0.25, -0.2) is 0 Å². The van der Waals surface area contributed by atoms with E-state index < -0.39 is 29.4 Å². The fourth-order valence-corrected chi connectivity index (χ4v) is 2.92. The summed E-state index contributed by atoms with van der Waals surface area (Å²) in [6, 6.07) is 0. The van der Waals surface area contributed by atoms with Crippen LogP contribution in [0.25, 0.3) is 0 Å². The summed E-state index contributed by atoms with van der Waals surface area (Å²) in [6.45, 7) is 1.74. The van der Waals surface area contributed by atoms with Crippen molar-refractivity contribution >= 4 is 23.3 Å². The molecule has 2 aliphatic carbocycles. The van der Waals surface area contributed by atoms with Crippen LogP contribution in [-0.4, -0.2) is 29.9 Å². The number of Topliss-reactive ketones (excluding diaryl/α,β-unsaturated/α-hetero) is 3. The smallest absolute Gasteiger partial charge is 0.324 e. The second-order valence-electron chi connectivity index (χ2n) is 4.85. The Labute approximate surface area is 105 Å². The van der Waals surface area contributed by atoms with Gasteiger partial charge in [0.2, 0.25) is 0 Å². The van der Waals surface area contributed by atoms with E-state index in [1.807, 2.05) is 0 Å². The molecule has 0 saturated heterocycles. The predicted octanol–water partition coefficient (Wildman–Crippen LogP) is 0.693. The number of fused-ring (bicyclic) bond motifs is 1. The van der Waals surface area contributed by atoms with Crippen LogP contribution in [0.15, 0.2) is 0 Å². The number of carbonyl (C=O) groups excluding carboxylic acids is 4. The molecular formula is C13H16O5. The Bertz CT molecular complexity index is 412. The molecule has 3 atom stereocenters. The van der Waals surface area contributed by atoms with Gasteiger partial charge in [-0.3, -0.25) is 19.2 Å². The summed E-state index contributed by atoms with van der Waals surface area (Å²) < 4.78 is 4.75. The third-order valence-corrected chi connectivity index (χ3v) is 3.72. The molecule has 2 aliphatic rings. The Morgan fingerprint density at radius 3 is 2.67 bits per heavy atom. The van der Waals surface area contributed by atoms with Crippen molar-refractivity contribution in [2.45, 2.75) is 32.6 Å². The van der Waals surface area contributed by atoms with E-state index in [4.69, 9.17) is 4.74 Å². The topological polar surface area (TPSA) is 77.5 Å². The van der Waals surface area contributed by atoms with Gasteiger partial charge in [0.05, 0.1) is 12.5 Å². The lowest BCUT2D eigenvalue weighted by molar-refractivity contribution is -0.160. The van der Waals surface area contributed by atoms with E-state index in [1.54, 1.807) is 6.92 Å². The third-order valence-electron chi connectivity index (χ3n) is 3.72. The molecule has 0 aromatic rings. The molecule has 0 aromatic carbocycles. The zero-order valence-corrected chi connectivity index (χ0v) is 10.3. The van der Waals surface area contributed by atoms with Crippen LogP contribution >= 0.6 is 0 Å². The highest BCUT2D eigenvalue weighted by molar-refractivity contribution is 6.24. The Kier molecular flexibility index (Phi) is 3.59. The van der Waals surface area contributed by atoms with Gasteiger partial charge in [-0.15, -0.1) is 0 Å². The second kappa shape index (κ2) is 5.00. The lowest BCUT2D eigenvalue weighted by Crippen LogP contribution is -2.49.